The molecule has 4 atom stereocenters. The highest BCUT2D eigenvalue weighted by Gasteiger charge is 2.49. The molecule has 0 radical (unpaired) electrons. The van der Waals surface area contributed by atoms with Gasteiger partial charge in [0.05, 0.1) is 6.61 Å². The highest BCUT2D eigenvalue weighted by Crippen LogP contribution is 2.37. The first-order valence-electron chi connectivity index (χ1n) is 10.4. The van der Waals surface area contributed by atoms with Crippen LogP contribution in [0.3, 0.4) is 0 Å². The van der Waals surface area contributed by atoms with Crippen LogP contribution >= 0.6 is 7.82 Å². The number of phosphoric ester groups is 1. The molecule has 1 aliphatic rings. The van der Waals surface area contributed by atoms with Crippen molar-refractivity contribution in [3.8, 4) is 0 Å². The number of phosphoric acid groups is 1. The highest BCUT2D eigenvalue weighted by molar-refractivity contribution is 7.46. The Hall–Kier alpha value is -1.96. The van der Waals surface area contributed by atoms with E-state index in [0.29, 0.717) is 13.1 Å². The Morgan fingerprint density at radius 3 is 2.70 bits per heavy atom. The lowest BCUT2D eigenvalue weighted by atomic mass is 10.1. The van der Waals surface area contributed by atoms with Crippen LogP contribution in [-0.4, -0.2) is 95.5 Å². The average molecular weight is 491 g/mol. The molecule has 0 spiro atoms. The van der Waals surface area contributed by atoms with Gasteiger partial charge >= 0.3 is 13.8 Å². The monoisotopic (exact) mass is 491 g/mol. The van der Waals surface area contributed by atoms with Crippen molar-refractivity contribution in [3.05, 3.63) is 30.1 Å². The molecule has 0 aliphatic carbocycles. The van der Waals surface area contributed by atoms with Gasteiger partial charge in [-0.3, -0.25) is 4.52 Å². The minimum atomic E-state index is -4.77. The number of ether oxygens (including phenoxy) is 2. The molecule has 1 fully saturated rings. The van der Waals surface area contributed by atoms with Gasteiger partial charge in [-0.25, -0.2) is 14.4 Å². The molecule has 186 valence electrons. The lowest BCUT2D eigenvalue weighted by Gasteiger charge is -2.13. The summed E-state index contributed by atoms with van der Waals surface area (Å²) in [4.78, 5) is 36.5. The molecule has 5 N–H and O–H groups in total. The van der Waals surface area contributed by atoms with Crippen molar-refractivity contribution in [1.29, 1.82) is 0 Å². The van der Waals surface area contributed by atoms with E-state index in [1.807, 2.05) is 25.9 Å². The van der Waals surface area contributed by atoms with Crippen molar-refractivity contribution in [2.75, 3.05) is 40.3 Å². The second-order valence-electron chi connectivity index (χ2n) is 7.63. The number of rotatable bonds is 10. The van der Waals surface area contributed by atoms with E-state index in [9.17, 15) is 19.6 Å². The maximum Gasteiger partial charge on any atom is 0.469 e. The first kappa shape index (κ1) is 27.3. The standard InChI is InChI=1S/C19H31N4O9P/c1-4-20-19(21-8-6-9-22(2)3)32-18(26)13-7-5-10-23(11-13)17-16(25)15(24)14(31-17)12-30-33(27,28)29/h5,7,10-11,14-17,24-25H,4,6,8-9,12H2,1-3H3,(H2-,20,21,27,28,29)/p+1/t14?,15-,16-,17-/m1/s1. The van der Waals surface area contributed by atoms with E-state index in [-0.39, 0.29) is 11.6 Å². The maximum absolute atomic E-state index is 12.6. The van der Waals surface area contributed by atoms with E-state index in [1.54, 1.807) is 0 Å². The summed E-state index contributed by atoms with van der Waals surface area (Å²) in [6, 6.07) is 3.12. The molecule has 0 bridgehead atoms. The molecule has 0 saturated carbocycles. The van der Waals surface area contributed by atoms with Gasteiger partial charge in [-0.1, -0.05) is 0 Å². The molecule has 2 rings (SSSR count). The van der Waals surface area contributed by atoms with Crippen molar-refractivity contribution in [3.63, 3.8) is 0 Å². The van der Waals surface area contributed by atoms with Crippen LogP contribution in [0, 0.1) is 0 Å². The average Bonchev–Trinajstić information content (AvgIpc) is 3.03. The van der Waals surface area contributed by atoms with E-state index in [0.717, 1.165) is 13.0 Å². The Morgan fingerprint density at radius 2 is 2.06 bits per heavy atom. The summed E-state index contributed by atoms with van der Waals surface area (Å²) in [6.45, 7) is 3.02. The van der Waals surface area contributed by atoms with Crippen molar-refractivity contribution in [1.82, 2.24) is 10.2 Å². The Labute approximate surface area is 191 Å². The highest BCUT2D eigenvalue weighted by atomic mass is 31.2. The molecule has 1 aliphatic heterocycles. The van der Waals surface area contributed by atoms with Gasteiger partial charge in [-0.05, 0) is 40.1 Å². The summed E-state index contributed by atoms with van der Waals surface area (Å²) in [7, 11) is -0.850. The zero-order valence-corrected chi connectivity index (χ0v) is 19.7. The first-order chi connectivity index (χ1) is 15.5. The number of nitrogens with zero attached hydrogens (tertiary/aromatic N) is 3. The Bertz CT molecular complexity index is 863. The second kappa shape index (κ2) is 12.5. The van der Waals surface area contributed by atoms with Crippen LogP contribution in [0.25, 0.3) is 0 Å². The van der Waals surface area contributed by atoms with Crippen molar-refractivity contribution < 1.29 is 47.9 Å². The fourth-order valence-corrected chi connectivity index (χ4v) is 3.40. The van der Waals surface area contributed by atoms with E-state index < -0.39 is 44.9 Å². The predicted molar refractivity (Wildman–Crippen MR) is 115 cm³/mol. The smallest absolute Gasteiger partial charge is 0.389 e. The van der Waals surface area contributed by atoms with Crippen molar-refractivity contribution in [2.45, 2.75) is 37.9 Å². The van der Waals surface area contributed by atoms with E-state index in [1.165, 1.54) is 29.1 Å². The fourth-order valence-electron chi connectivity index (χ4n) is 3.06. The number of aromatic nitrogens is 1. The Balaban J connectivity index is 2.04. The number of aliphatic hydroxyl groups is 2. The molecule has 1 aromatic rings. The lowest BCUT2D eigenvalue weighted by molar-refractivity contribution is -0.765. The van der Waals surface area contributed by atoms with Gasteiger partial charge in [0.1, 0.15) is 17.8 Å². The SMILES string of the molecule is CC/N=C(/NCCCN(C)C)OC(=O)c1ccc[n+]([C@@H]2OC(COP(=O)(O)O)[C@@H](O)[C@H]2O)c1. The summed E-state index contributed by atoms with van der Waals surface area (Å²) in [5, 5.41) is 23.4. The van der Waals surface area contributed by atoms with Gasteiger partial charge < -0.3 is 39.7 Å². The van der Waals surface area contributed by atoms with Gasteiger partial charge in [0.2, 0.25) is 0 Å². The third-order valence-corrected chi connectivity index (χ3v) is 5.13. The zero-order chi connectivity index (χ0) is 24.6. The van der Waals surface area contributed by atoms with Crippen LogP contribution < -0.4 is 9.88 Å². The molecular weight excluding hydrogens is 459 g/mol. The fraction of sp³-hybridized carbons (Fsp3) is 0.632. The van der Waals surface area contributed by atoms with Gasteiger partial charge in [0, 0.05) is 19.2 Å². The molecular formula is C19H32N4O9P+. The number of esters is 1. The van der Waals surface area contributed by atoms with Crippen LogP contribution in [0.4, 0.5) is 0 Å². The number of pyridine rings is 1. The number of amidine groups is 1. The van der Waals surface area contributed by atoms with E-state index >= 15 is 0 Å². The van der Waals surface area contributed by atoms with Crippen LogP contribution in [0.1, 0.15) is 29.9 Å². The summed E-state index contributed by atoms with van der Waals surface area (Å²) in [6.07, 6.45) is -1.50. The quantitative estimate of drug-likeness (QED) is 0.0662. The number of hydrogen-bond acceptors (Lipinski definition) is 9. The molecule has 1 unspecified atom stereocenters. The van der Waals surface area contributed by atoms with Crippen LogP contribution in [0.5, 0.6) is 0 Å². The Kier molecular flexibility index (Phi) is 10.3. The molecule has 2 heterocycles. The summed E-state index contributed by atoms with van der Waals surface area (Å²) in [5.74, 6) is -0.689. The molecule has 0 aromatic carbocycles. The number of aliphatic imine (C=N–C) groups is 1. The lowest BCUT2D eigenvalue weighted by Crippen LogP contribution is -2.46. The first-order valence-corrected chi connectivity index (χ1v) is 11.9. The molecule has 1 saturated heterocycles. The molecule has 1 aromatic heterocycles. The van der Waals surface area contributed by atoms with Gasteiger partial charge in [-0.2, -0.15) is 4.57 Å². The molecule has 0 amide bonds. The number of nitrogens with one attached hydrogen (secondary N) is 1. The van der Waals surface area contributed by atoms with Crippen LogP contribution in [-0.2, 0) is 18.6 Å². The van der Waals surface area contributed by atoms with Crippen molar-refractivity contribution in [2.24, 2.45) is 4.99 Å². The van der Waals surface area contributed by atoms with E-state index in [4.69, 9.17) is 19.3 Å². The van der Waals surface area contributed by atoms with Gasteiger partial charge in [0.25, 0.3) is 12.2 Å². The molecule has 33 heavy (non-hydrogen) atoms. The topological polar surface area (TPSA) is 174 Å². The minimum absolute atomic E-state index is 0.0962. The number of carbonyl (C=O) groups excluding carboxylic acids is 1. The third kappa shape index (κ3) is 8.72. The number of hydrogen-bond donors (Lipinski definition) is 5. The van der Waals surface area contributed by atoms with E-state index in [2.05, 4.69) is 14.8 Å². The Morgan fingerprint density at radius 1 is 1.33 bits per heavy atom. The summed E-state index contributed by atoms with van der Waals surface area (Å²) in [5.41, 5.74) is 0.136. The van der Waals surface area contributed by atoms with Crippen LogP contribution in [0.15, 0.2) is 29.5 Å². The largest absolute Gasteiger partial charge is 0.469 e. The number of carbonyl (C=O) groups is 1. The molecule has 14 heteroatoms. The molecule has 13 nitrogen and oxygen atoms in total. The van der Waals surface area contributed by atoms with Crippen molar-refractivity contribution >= 4 is 19.8 Å². The minimum Gasteiger partial charge on any atom is -0.389 e. The predicted octanol–water partition coefficient (Wildman–Crippen LogP) is -1.22. The van der Waals surface area contributed by atoms with Crippen LogP contribution in [0.2, 0.25) is 0 Å². The number of aliphatic hydroxyl groups excluding tert-OH is 2. The van der Waals surface area contributed by atoms with Gasteiger partial charge in [-0.15, -0.1) is 0 Å². The maximum atomic E-state index is 12.6. The zero-order valence-electron chi connectivity index (χ0n) is 18.8. The van der Waals surface area contributed by atoms with Gasteiger partial charge in [0.15, 0.2) is 18.5 Å². The third-order valence-electron chi connectivity index (χ3n) is 4.65. The normalized spacial score (nSPS) is 23.7. The summed E-state index contributed by atoms with van der Waals surface area (Å²) >= 11 is 0. The second-order valence-corrected chi connectivity index (χ2v) is 8.86. The summed E-state index contributed by atoms with van der Waals surface area (Å²) < 4.78 is 27.5.